The van der Waals surface area contributed by atoms with E-state index < -0.39 is 0 Å². The van der Waals surface area contributed by atoms with Crippen LogP contribution in [0.3, 0.4) is 0 Å². The second-order valence-electron chi connectivity index (χ2n) is 13.5. The number of unbranched alkanes of at least 4 members (excludes halogenated alkanes) is 2. The van der Waals surface area contributed by atoms with Gasteiger partial charge in [0.05, 0.1) is 33.7 Å². The van der Waals surface area contributed by atoms with E-state index in [9.17, 15) is 0 Å². The predicted octanol–water partition coefficient (Wildman–Crippen LogP) is 9.60. The van der Waals surface area contributed by atoms with Crippen molar-refractivity contribution in [2.75, 3.05) is 57.1 Å². The van der Waals surface area contributed by atoms with Crippen molar-refractivity contribution in [1.82, 2.24) is 0 Å². The third-order valence-corrected chi connectivity index (χ3v) is 9.58. The summed E-state index contributed by atoms with van der Waals surface area (Å²) in [7, 11) is 6.86. The number of thiophene rings is 1. The van der Waals surface area contributed by atoms with Crippen molar-refractivity contribution in [3.05, 3.63) is 87.6 Å². The van der Waals surface area contributed by atoms with E-state index in [2.05, 4.69) is 144 Å². The summed E-state index contributed by atoms with van der Waals surface area (Å²) in [5, 5.41) is 0. The van der Waals surface area contributed by atoms with Gasteiger partial charge in [0.15, 0.2) is 0 Å². The van der Waals surface area contributed by atoms with Crippen LogP contribution in [0.25, 0.3) is 18.2 Å². The smallest absolute Gasteiger partial charge is 0.0797 e. The second kappa shape index (κ2) is 14.6. The molecule has 1 atom stereocenters. The lowest BCUT2D eigenvalue weighted by molar-refractivity contribution is -0.870. The third kappa shape index (κ3) is 8.39. The quantitative estimate of drug-likeness (QED) is 0.164. The van der Waals surface area contributed by atoms with E-state index in [1.165, 1.54) is 70.9 Å². The molecule has 0 radical (unpaired) electrons. The molecule has 4 rings (SSSR count). The summed E-state index contributed by atoms with van der Waals surface area (Å²) in [5.74, 6) is 0. The Morgan fingerprint density at radius 1 is 0.810 bits per heavy atom. The van der Waals surface area contributed by atoms with E-state index in [1.54, 1.807) is 0 Å². The van der Waals surface area contributed by atoms with Gasteiger partial charge in [0.25, 0.3) is 0 Å². The van der Waals surface area contributed by atoms with E-state index in [0.29, 0.717) is 6.04 Å². The monoisotopic (exact) mass is 584 g/mol. The molecule has 0 bridgehead atoms. The van der Waals surface area contributed by atoms with Crippen molar-refractivity contribution in [1.29, 1.82) is 0 Å². The molecule has 1 aliphatic rings. The Labute approximate surface area is 260 Å². The van der Waals surface area contributed by atoms with Crippen LogP contribution in [0.1, 0.15) is 80.7 Å². The molecular formula is C38H54N3S+. The molecular weight excluding hydrogens is 531 g/mol. The fourth-order valence-corrected chi connectivity index (χ4v) is 6.89. The molecule has 0 N–H and O–H groups in total. The van der Waals surface area contributed by atoms with Gasteiger partial charge in [-0.25, -0.2) is 0 Å². The number of para-hydroxylation sites is 1. The number of fused-ring (bicyclic) bond motifs is 1. The van der Waals surface area contributed by atoms with Crippen molar-refractivity contribution in [2.45, 2.75) is 71.3 Å². The minimum absolute atomic E-state index is 0.0680. The summed E-state index contributed by atoms with van der Waals surface area (Å²) in [4.78, 5) is 7.80. The maximum Gasteiger partial charge on any atom is 0.0797 e. The maximum atomic E-state index is 2.64. The number of quaternary nitrogens is 1. The number of benzene rings is 2. The highest BCUT2D eigenvalue weighted by atomic mass is 32.1. The number of rotatable bonds is 15. The van der Waals surface area contributed by atoms with Crippen LogP contribution in [0.4, 0.5) is 11.4 Å². The average molecular weight is 585 g/mol. The molecule has 3 nitrogen and oxygen atoms in total. The van der Waals surface area contributed by atoms with Crippen LogP contribution in [0.2, 0.25) is 0 Å². The van der Waals surface area contributed by atoms with Crippen molar-refractivity contribution in [3.63, 3.8) is 0 Å². The van der Waals surface area contributed by atoms with Crippen LogP contribution in [-0.4, -0.2) is 57.8 Å². The highest BCUT2D eigenvalue weighted by Crippen LogP contribution is 2.46. The molecule has 0 saturated heterocycles. The largest absolute Gasteiger partial charge is 0.372 e. The van der Waals surface area contributed by atoms with Gasteiger partial charge in [-0.2, -0.15) is 0 Å². The number of nitrogens with zero attached hydrogens (tertiary/aromatic N) is 3. The lowest BCUT2D eigenvalue weighted by atomic mass is 9.80. The molecule has 0 fully saturated rings. The Hall–Kier alpha value is -2.82. The normalized spacial score (nSPS) is 16.5. The zero-order valence-electron chi connectivity index (χ0n) is 27.3. The molecule has 2 aromatic carbocycles. The lowest BCUT2D eigenvalue weighted by Crippen LogP contribution is -2.42. The first-order valence-corrected chi connectivity index (χ1v) is 16.9. The number of anilines is 2. The molecule has 2 heterocycles. The Morgan fingerprint density at radius 2 is 1.45 bits per heavy atom. The Morgan fingerprint density at radius 3 is 2.10 bits per heavy atom. The summed E-state index contributed by atoms with van der Waals surface area (Å²) < 4.78 is 1.01. The van der Waals surface area contributed by atoms with E-state index in [0.717, 1.165) is 24.1 Å². The van der Waals surface area contributed by atoms with Gasteiger partial charge in [0.1, 0.15) is 0 Å². The van der Waals surface area contributed by atoms with E-state index in [-0.39, 0.29) is 5.41 Å². The Balaban J connectivity index is 1.43. The van der Waals surface area contributed by atoms with E-state index in [1.807, 2.05) is 11.3 Å². The topological polar surface area (TPSA) is 6.48 Å². The molecule has 0 saturated carbocycles. The fourth-order valence-electron chi connectivity index (χ4n) is 6.06. The fraction of sp³-hybridized carbons (Fsp3) is 0.474. The summed E-state index contributed by atoms with van der Waals surface area (Å²) in [6.07, 6.45) is 15.5. The van der Waals surface area contributed by atoms with Gasteiger partial charge in [-0.1, -0.05) is 83.0 Å². The average Bonchev–Trinajstić information content (AvgIpc) is 3.50. The van der Waals surface area contributed by atoms with Crippen LogP contribution in [0, 0.1) is 0 Å². The first kappa shape index (κ1) is 32.1. The molecule has 226 valence electrons. The Bertz CT molecular complexity index is 1300. The molecule has 3 aromatic rings. The zero-order chi connectivity index (χ0) is 30.2. The van der Waals surface area contributed by atoms with Gasteiger partial charge < -0.3 is 14.3 Å². The van der Waals surface area contributed by atoms with Gasteiger partial charge >= 0.3 is 0 Å². The zero-order valence-corrected chi connectivity index (χ0v) is 28.1. The predicted molar refractivity (Wildman–Crippen MR) is 189 cm³/mol. The molecule has 42 heavy (non-hydrogen) atoms. The third-order valence-electron chi connectivity index (χ3n) is 8.56. The molecule has 1 unspecified atom stereocenters. The highest BCUT2D eigenvalue weighted by Gasteiger charge is 2.42. The molecule has 0 aliphatic carbocycles. The molecule has 4 heteroatoms. The van der Waals surface area contributed by atoms with Crippen LogP contribution < -0.4 is 9.80 Å². The summed E-state index contributed by atoms with van der Waals surface area (Å²) >= 11 is 1.87. The molecule has 1 aromatic heterocycles. The highest BCUT2D eigenvalue weighted by molar-refractivity contribution is 7.13. The van der Waals surface area contributed by atoms with Gasteiger partial charge in [0, 0.05) is 52.6 Å². The Kier molecular flexibility index (Phi) is 11.1. The number of hydrogen-bond acceptors (Lipinski definition) is 3. The minimum Gasteiger partial charge on any atom is -0.372 e. The van der Waals surface area contributed by atoms with Gasteiger partial charge in [-0.3, -0.25) is 0 Å². The van der Waals surface area contributed by atoms with Crippen molar-refractivity contribution < 1.29 is 4.48 Å². The van der Waals surface area contributed by atoms with E-state index >= 15 is 0 Å². The molecule has 0 amide bonds. The summed E-state index contributed by atoms with van der Waals surface area (Å²) in [6, 6.07) is 23.0. The van der Waals surface area contributed by atoms with Gasteiger partial charge in [0.2, 0.25) is 0 Å². The van der Waals surface area contributed by atoms with Crippen molar-refractivity contribution in [2.24, 2.45) is 0 Å². The van der Waals surface area contributed by atoms with Crippen LogP contribution in [0.5, 0.6) is 0 Å². The second-order valence-corrected chi connectivity index (χ2v) is 14.6. The first-order valence-electron chi connectivity index (χ1n) is 16.1. The van der Waals surface area contributed by atoms with Gasteiger partial charge in [-0.15, -0.1) is 11.3 Å². The van der Waals surface area contributed by atoms with Gasteiger partial charge in [-0.05, 0) is 66.5 Å². The molecule has 1 aliphatic heterocycles. The maximum absolute atomic E-state index is 2.64. The lowest BCUT2D eigenvalue weighted by Gasteiger charge is -2.33. The van der Waals surface area contributed by atoms with Crippen LogP contribution in [-0.2, 0) is 5.41 Å². The van der Waals surface area contributed by atoms with Crippen molar-refractivity contribution in [3.8, 4) is 0 Å². The summed E-state index contributed by atoms with van der Waals surface area (Å²) in [6.45, 7) is 13.9. The standard InChI is InChI=1S/C38H54N3S/c1-8-10-27-39(28-11-9-2)32-20-17-31(18-21-32)19-22-33-23-24-34(42-33)25-26-37-38(3,4)35-15-12-13-16-36(35)40(37)29-14-30-41(5,6)7/h12-13,15-26,37H,8-11,14,27-30H2,1-7H3/q+1/b22-19+,26-25+. The summed E-state index contributed by atoms with van der Waals surface area (Å²) in [5.41, 5.74) is 5.53. The molecule has 0 spiro atoms. The first-order chi connectivity index (χ1) is 20.1. The minimum atomic E-state index is 0.0680. The van der Waals surface area contributed by atoms with Crippen LogP contribution >= 0.6 is 11.3 Å². The van der Waals surface area contributed by atoms with E-state index in [4.69, 9.17) is 0 Å². The number of hydrogen-bond donors (Lipinski definition) is 0. The van der Waals surface area contributed by atoms with Crippen LogP contribution in [0.15, 0.2) is 66.7 Å². The SMILES string of the molecule is CCCCN(CCCC)c1ccc(/C=C/c2ccc(/C=C/C3N(CCC[N+](C)(C)C)c4ccccc4C3(C)C)s2)cc1. The van der Waals surface area contributed by atoms with Crippen molar-refractivity contribution >= 4 is 40.9 Å².